The van der Waals surface area contributed by atoms with E-state index in [0.29, 0.717) is 40.6 Å². The van der Waals surface area contributed by atoms with Crippen LogP contribution in [-0.4, -0.2) is 22.9 Å². The second-order valence-electron chi connectivity index (χ2n) is 14.6. The predicted octanol–water partition coefficient (Wildman–Crippen LogP) is 7.00. The van der Waals surface area contributed by atoms with Gasteiger partial charge in [-0.25, -0.2) is 0 Å². The number of aliphatic hydroxyl groups is 2. The fraction of sp³-hybridized carbons (Fsp3) is 0.933. The zero-order valence-corrected chi connectivity index (χ0v) is 21.8. The second kappa shape index (κ2) is 7.09. The molecule has 2 unspecified atom stereocenters. The molecule has 5 aliphatic rings. The molecule has 0 bridgehead atoms. The van der Waals surface area contributed by atoms with Crippen molar-refractivity contribution in [2.45, 2.75) is 112 Å². The zero-order valence-electron chi connectivity index (χ0n) is 21.8. The first-order chi connectivity index (χ1) is 14.9. The van der Waals surface area contributed by atoms with Gasteiger partial charge in [-0.3, -0.25) is 0 Å². The molecule has 0 amide bonds. The lowest BCUT2D eigenvalue weighted by Crippen LogP contribution is -2.66. The van der Waals surface area contributed by atoms with Gasteiger partial charge < -0.3 is 10.2 Å². The molecule has 0 aromatic carbocycles. The van der Waals surface area contributed by atoms with Crippen LogP contribution in [0.4, 0.5) is 0 Å². The summed E-state index contributed by atoms with van der Waals surface area (Å²) in [5.41, 5.74) is 2.60. The summed E-state index contributed by atoms with van der Waals surface area (Å²) < 4.78 is 0. The Bertz CT molecular complexity index is 786. The Morgan fingerprint density at radius 3 is 2.19 bits per heavy atom. The monoisotopic (exact) mass is 442 g/mol. The van der Waals surface area contributed by atoms with E-state index in [0.717, 1.165) is 18.3 Å². The summed E-state index contributed by atoms with van der Waals surface area (Å²) in [4.78, 5) is 0. The van der Waals surface area contributed by atoms with Crippen LogP contribution < -0.4 is 0 Å². The van der Waals surface area contributed by atoms with Crippen LogP contribution in [-0.2, 0) is 0 Å². The third-order valence-electron chi connectivity index (χ3n) is 13.5. The van der Waals surface area contributed by atoms with Gasteiger partial charge in [-0.05, 0) is 128 Å². The van der Waals surface area contributed by atoms with E-state index in [2.05, 4.69) is 48.1 Å². The molecule has 2 nitrogen and oxygen atoms in total. The van der Waals surface area contributed by atoms with E-state index >= 15 is 0 Å². The third kappa shape index (κ3) is 2.66. The predicted molar refractivity (Wildman–Crippen MR) is 132 cm³/mol. The smallest absolute Gasteiger partial charge is 0.0594 e. The largest absolute Gasteiger partial charge is 0.396 e. The van der Waals surface area contributed by atoms with E-state index in [1.54, 1.807) is 0 Å². The van der Waals surface area contributed by atoms with E-state index in [9.17, 15) is 10.2 Å². The minimum absolute atomic E-state index is 0.0290. The van der Waals surface area contributed by atoms with Crippen LogP contribution in [0.3, 0.4) is 0 Å². The molecule has 5 rings (SSSR count). The maximum atomic E-state index is 10.9. The first-order valence-electron chi connectivity index (χ1n) is 13.8. The van der Waals surface area contributed by atoms with Crippen molar-refractivity contribution in [3.05, 3.63) is 12.2 Å². The molecule has 0 aromatic heterocycles. The van der Waals surface area contributed by atoms with E-state index < -0.39 is 0 Å². The fourth-order valence-corrected chi connectivity index (χ4v) is 11.5. The molecule has 0 aromatic rings. The Labute approximate surface area is 197 Å². The van der Waals surface area contributed by atoms with E-state index in [4.69, 9.17) is 0 Å². The van der Waals surface area contributed by atoms with Crippen molar-refractivity contribution in [3.8, 4) is 0 Å². The number of allylic oxidation sites excluding steroid dienone is 1. The number of hydrogen-bond acceptors (Lipinski definition) is 2. The molecule has 5 saturated carbocycles. The summed E-state index contributed by atoms with van der Waals surface area (Å²) in [6.07, 6.45) is 12.2. The van der Waals surface area contributed by atoms with Crippen LogP contribution in [0, 0.1) is 56.7 Å². The summed E-state index contributed by atoms with van der Waals surface area (Å²) in [5, 5.41) is 21.5. The first kappa shape index (κ1) is 23.4. The third-order valence-corrected chi connectivity index (χ3v) is 13.5. The quantitative estimate of drug-likeness (QED) is 0.452. The van der Waals surface area contributed by atoms with Crippen LogP contribution in [0.2, 0.25) is 0 Å². The van der Waals surface area contributed by atoms with Crippen LogP contribution in [0.15, 0.2) is 12.2 Å². The van der Waals surface area contributed by atoms with Gasteiger partial charge in [-0.2, -0.15) is 0 Å². The normalized spacial score (nSPS) is 56.5. The number of rotatable bonds is 2. The number of aliphatic hydroxyl groups excluding tert-OH is 2. The Kier molecular flexibility index (Phi) is 5.19. The lowest BCUT2D eigenvalue weighted by Gasteiger charge is -2.73. The van der Waals surface area contributed by atoms with E-state index in [1.165, 1.54) is 63.4 Å². The van der Waals surface area contributed by atoms with Gasteiger partial charge in [0.2, 0.25) is 0 Å². The van der Waals surface area contributed by atoms with Crippen molar-refractivity contribution in [1.82, 2.24) is 0 Å². The van der Waals surface area contributed by atoms with Crippen LogP contribution in [0.1, 0.15) is 106 Å². The van der Waals surface area contributed by atoms with Gasteiger partial charge in [0.1, 0.15) is 0 Å². The molecule has 0 saturated heterocycles. The summed E-state index contributed by atoms with van der Waals surface area (Å²) in [7, 11) is 0. The molecule has 10 atom stereocenters. The highest BCUT2D eigenvalue weighted by Crippen LogP contribution is 2.77. The molecule has 0 spiro atoms. The molecular weight excluding hydrogens is 392 g/mol. The highest BCUT2D eigenvalue weighted by Gasteiger charge is 2.70. The van der Waals surface area contributed by atoms with Gasteiger partial charge in [0.05, 0.1) is 6.10 Å². The number of hydrogen-bond donors (Lipinski definition) is 2. The van der Waals surface area contributed by atoms with E-state index in [-0.39, 0.29) is 16.9 Å². The van der Waals surface area contributed by atoms with Gasteiger partial charge >= 0.3 is 0 Å². The Hall–Kier alpha value is -0.340. The summed E-state index contributed by atoms with van der Waals surface area (Å²) in [6.45, 7) is 19.7. The van der Waals surface area contributed by atoms with Gasteiger partial charge in [0.15, 0.2) is 0 Å². The van der Waals surface area contributed by atoms with Crippen LogP contribution in [0.5, 0.6) is 0 Å². The van der Waals surface area contributed by atoms with Crippen LogP contribution in [0.25, 0.3) is 0 Å². The maximum Gasteiger partial charge on any atom is 0.0594 e. The van der Waals surface area contributed by atoms with Crippen molar-refractivity contribution < 1.29 is 10.2 Å². The maximum absolute atomic E-state index is 10.9. The molecule has 32 heavy (non-hydrogen) atoms. The van der Waals surface area contributed by atoms with Crippen molar-refractivity contribution >= 4 is 0 Å². The highest BCUT2D eigenvalue weighted by atomic mass is 16.3. The average molecular weight is 443 g/mol. The molecule has 0 heterocycles. The minimum atomic E-state index is -0.147. The standard InChI is InChI=1S/C30H50O2/c1-19(2)20-10-15-30(18-31)17-16-28(6)21(25(20)30)8-9-23-27(5)13-12-24(32)26(3,4)22(27)11-14-29(23,28)7/h20-25,31-32H,1,8-18H2,2-7H3/t20?,21-,22+,23-,24+,25?,27+,28-,29-,30-/m1/s1. The first-order valence-corrected chi connectivity index (χ1v) is 13.8. The topological polar surface area (TPSA) is 40.5 Å². The van der Waals surface area contributed by atoms with Gasteiger partial charge in [0.25, 0.3) is 0 Å². The molecule has 2 heteroatoms. The van der Waals surface area contributed by atoms with E-state index in [1.807, 2.05) is 0 Å². The van der Waals surface area contributed by atoms with Gasteiger partial charge in [-0.15, -0.1) is 0 Å². The van der Waals surface area contributed by atoms with Crippen LogP contribution >= 0.6 is 0 Å². The fourth-order valence-electron chi connectivity index (χ4n) is 11.5. The summed E-state index contributed by atoms with van der Waals surface area (Å²) in [6, 6.07) is 0. The van der Waals surface area contributed by atoms with Gasteiger partial charge in [0, 0.05) is 6.61 Å². The van der Waals surface area contributed by atoms with Crippen molar-refractivity contribution in [2.75, 3.05) is 6.61 Å². The van der Waals surface area contributed by atoms with Crippen molar-refractivity contribution in [1.29, 1.82) is 0 Å². The minimum Gasteiger partial charge on any atom is -0.396 e. The van der Waals surface area contributed by atoms with Crippen molar-refractivity contribution in [2.24, 2.45) is 56.7 Å². The van der Waals surface area contributed by atoms with Crippen molar-refractivity contribution in [3.63, 3.8) is 0 Å². The lowest BCUT2D eigenvalue weighted by atomic mass is 9.32. The number of fused-ring (bicyclic) bond motifs is 7. The molecular formula is C30H50O2. The molecule has 0 radical (unpaired) electrons. The van der Waals surface area contributed by atoms with Gasteiger partial charge in [-0.1, -0.05) is 46.8 Å². The second-order valence-corrected chi connectivity index (χ2v) is 14.6. The summed E-state index contributed by atoms with van der Waals surface area (Å²) in [5.74, 6) is 3.33. The SMILES string of the molecule is C=C(C)C1CC[C@]2(CO)CC[C@]3(C)[C@H](CC[C@@H]4[C@@]5(C)CC[C@H](O)C(C)(C)[C@@H]5CC[C@]43C)C12. The molecule has 5 fully saturated rings. The Morgan fingerprint density at radius 1 is 0.812 bits per heavy atom. The summed E-state index contributed by atoms with van der Waals surface area (Å²) >= 11 is 0. The zero-order chi connectivity index (χ0) is 23.3. The lowest BCUT2D eigenvalue weighted by molar-refractivity contribution is -0.249. The molecule has 0 aliphatic heterocycles. The molecule has 2 N–H and O–H groups in total. The average Bonchev–Trinajstić information content (AvgIpc) is 3.12. The Balaban J connectivity index is 1.55. The Morgan fingerprint density at radius 2 is 1.53 bits per heavy atom. The molecule has 5 aliphatic carbocycles. The molecule has 182 valence electrons. The highest BCUT2D eigenvalue weighted by molar-refractivity contribution is 5.21.